The zero-order valence-corrected chi connectivity index (χ0v) is 6.28. The highest BCUT2D eigenvalue weighted by Crippen LogP contribution is 1.83. The maximum atomic E-state index is 9.91. The topological polar surface area (TPSA) is 81.8 Å². The van der Waals surface area contributed by atoms with Crippen LogP contribution in [0.1, 0.15) is 6.42 Å². The molecule has 3 N–H and O–H groups in total. The summed E-state index contributed by atoms with van der Waals surface area (Å²) in [5.74, 6) is -0.954. The molecule has 11 heavy (non-hydrogen) atoms. The monoisotopic (exact) mass is 163 g/mol. The molecule has 0 aliphatic carbocycles. The smallest absolute Gasteiger partial charge is 0.329 e. The van der Waals surface area contributed by atoms with E-state index in [1.165, 1.54) is 0 Å². The minimum Gasteiger partial charge on any atom is -0.480 e. The molecule has 0 fully saturated rings. The van der Waals surface area contributed by atoms with Crippen molar-refractivity contribution in [1.29, 1.82) is 0 Å². The van der Waals surface area contributed by atoms with Gasteiger partial charge in [-0.15, -0.1) is 0 Å². The number of carbonyl (C=O) groups is 1. The van der Waals surface area contributed by atoms with Crippen LogP contribution in [0.5, 0.6) is 0 Å². The molecule has 0 heterocycles. The van der Waals surface area contributed by atoms with Gasteiger partial charge in [0.2, 0.25) is 0 Å². The quantitative estimate of drug-likeness (QED) is 0.387. The summed E-state index contributed by atoms with van der Waals surface area (Å²) in [5, 5.41) is 8.14. The largest absolute Gasteiger partial charge is 0.480 e. The molecular formula is C6H13NO4. The van der Waals surface area contributed by atoms with Crippen LogP contribution in [0.3, 0.4) is 0 Å². The predicted octanol–water partition coefficient (Wildman–Crippen LogP) is -0.590. The minimum absolute atomic E-state index is 0.193. The number of nitrogens with two attached hydrogens (primary N) is 1. The number of ether oxygens (including phenoxy) is 2. The minimum atomic E-state index is -0.954. The highest BCUT2D eigenvalue weighted by Gasteiger charge is 1.94. The number of aliphatic carboxylic acids is 1. The predicted molar refractivity (Wildman–Crippen MR) is 38.1 cm³/mol. The van der Waals surface area contributed by atoms with Crippen molar-refractivity contribution < 1.29 is 19.4 Å². The van der Waals surface area contributed by atoms with Crippen molar-refractivity contribution in [2.75, 3.05) is 26.6 Å². The van der Waals surface area contributed by atoms with Crippen molar-refractivity contribution in [3.63, 3.8) is 0 Å². The van der Waals surface area contributed by atoms with E-state index in [1.807, 2.05) is 0 Å². The normalized spacial score (nSPS) is 9.91. The molecule has 0 unspecified atom stereocenters. The Hall–Kier alpha value is -0.650. The second-order valence-corrected chi connectivity index (χ2v) is 1.87. The lowest BCUT2D eigenvalue weighted by Gasteiger charge is -2.00. The molecule has 0 bridgehead atoms. The number of rotatable bonds is 7. The van der Waals surface area contributed by atoms with Gasteiger partial charge in [0, 0.05) is 6.61 Å². The zero-order chi connectivity index (χ0) is 8.53. The van der Waals surface area contributed by atoms with Gasteiger partial charge in [-0.3, -0.25) is 0 Å². The van der Waals surface area contributed by atoms with Crippen molar-refractivity contribution in [3.05, 3.63) is 0 Å². The lowest BCUT2D eigenvalue weighted by Crippen LogP contribution is -2.11. The van der Waals surface area contributed by atoms with Gasteiger partial charge in [0.25, 0.3) is 0 Å². The van der Waals surface area contributed by atoms with Crippen molar-refractivity contribution in [2.24, 2.45) is 5.73 Å². The molecule has 5 heteroatoms. The van der Waals surface area contributed by atoms with Gasteiger partial charge in [0.05, 0.1) is 13.3 Å². The Kier molecular flexibility index (Phi) is 7.02. The summed E-state index contributed by atoms with van der Waals surface area (Å²) >= 11 is 0. The van der Waals surface area contributed by atoms with Crippen LogP contribution in [0, 0.1) is 0 Å². The van der Waals surface area contributed by atoms with Gasteiger partial charge < -0.3 is 20.3 Å². The highest BCUT2D eigenvalue weighted by atomic mass is 16.5. The number of carboxylic acid groups (broad SMARTS) is 1. The van der Waals surface area contributed by atoms with E-state index in [4.69, 9.17) is 20.3 Å². The van der Waals surface area contributed by atoms with E-state index in [2.05, 4.69) is 0 Å². The Balaban J connectivity index is 2.85. The number of hydrogen-bond acceptors (Lipinski definition) is 4. The van der Waals surface area contributed by atoms with Crippen molar-refractivity contribution >= 4 is 5.97 Å². The van der Waals surface area contributed by atoms with Crippen LogP contribution >= 0.6 is 0 Å². The number of carboxylic acids is 1. The van der Waals surface area contributed by atoms with E-state index in [0.29, 0.717) is 19.6 Å². The van der Waals surface area contributed by atoms with Crippen LogP contribution in [0.4, 0.5) is 0 Å². The molecule has 5 nitrogen and oxygen atoms in total. The van der Waals surface area contributed by atoms with Crippen LogP contribution < -0.4 is 5.73 Å². The summed E-state index contributed by atoms with van der Waals surface area (Å²) in [6.07, 6.45) is 0.671. The molecule has 0 spiro atoms. The van der Waals surface area contributed by atoms with Gasteiger partial charge in [0.1, 0.15) is 6.61 Å². The third-order valence-corrected chi connectivity index (χ3v) is 0.921. The molecule has 0 amide bonds. The van der Waals surface area contributed by atoms with Gasteiger partial charge >= 0.3 is 5.97 Å². The van der Waals surface area contributed by atoms with Crippen molar-refractivity contribution in [3.8, 4) is 0 Å². The fourth-order valence-corrected chi connectivity index (χ4v) is 0.506. The Morgan fingerprint density at radius 1 is 1.36 bits per heavy atom. The summed E-state index contributed by atoms with van der Waals surface area (Å²) in [7, 11) is 0. The van der Waals surface area contributed by atoms with Gasteiger partial charge in [-0.05, 0) is 6.42 Å². The molecule has 0 saturated heterocycles. The first-order chi connectivity index (χ1) is 5.27. The first-order valence-electron chi connectivity index (χ1n) is 3.34. The first-order valence-corrected chi connectivity index (χ1v) is 3.34. The third-order valence-electron chi connectivity index (χ3n) is 0.921. The Bertz CT molecular complexity index is 107. The van der Waals surface area contributed by atoms with E-state index in [1.54, 1.807) is 0 Å². The molecule has 0 aromatic rings. The van der Waals surface area contributed by atoms with E-state index < -0.39 is 5.97 Å². The van der Waals surface area contributed by atoms with Crippen LogP contribution in [0.25, 0.3) is 0 Å². The molecule has 0 aromatic carbocycles. The molecule has 0 aromatic heterocycles. The van der Waals surface area contributed by atoms with E-state index in [9.17, 15) is 4.79 Å². The van der Waals surface area contributed by atoms with Gasteiger partial charge in [-0.2, -0.15) is 0 Å². The van der Waals surface area contributed by atoms with Crippen LogP contribution in [0.2, 0.25) is 0 Å². The maximum absolute atomic E-state index is 9.91. The van der Waals surface area contributed by atoms with Gasteiger partial charge in [-0.25, -0.2) is 4.79 Å². The fraction of sp³-hybridized carbons (Fsp3) is 0.833. The summed E-state index contributed by atoms with van der Waals surface area (Å²) in [6, 6.07) is 0. The molecular weight excluding hydrogens is 150 g/mol. The van der Waals surface area contributed by atoms with Crippen molar-refractivity contribution in [2.45, 2.75) is 6.42 Å². The van der Waals surface area contributed by atoms with Crippen LogP contribution in [0.15, 0.2) is 0 Å². The maximum Gasteiger partial charge on any atom is 0.329 e. The summed E-state index contributed by atoms with van der Waals surface area (Å²) in [6.45, 7) is 0.851. The molecule has 0 rings (SSSR count). The van der Waals surface area contributed by atoms with Gasteiger partial charge in [-0.1, -0.05) is 0 Å². The zero-order valence-electron chi connectivity index (χ0n) is 6.28. The average molecular weight is 163 g/mol. The first kappa shape index (κ1) is 10.3. The Morgan fingerprint density at radius 3 is 2.55 bits per heavy atom. The molecule has 0 saturated carbocycles. The molecule has 0 aliphatic heterocycles. The molecule has 66 valence electrons. The lowest BCUT2D eigenvalue weighted by molar-refractivity contribution is -0.142. The van der Waals surface area contributed by atoms with E-state index >= 15 is 0 Å². The second kappa shape index (κ2) is 7.46. The number of hydrogen-bond donors (Lipinski definition) is 2. The molecule has 0 aliphatic rings. The second-order valence-electron chi connectivity index (χ2n) is 1.87. The highest BCUT2D eigenvalue weighted by molar-refractivity contribution is 5.67. The van der Waals surface area contributed by atoms with Crippen LogP contribution in [-0.4, -0.2) is 37.6 Å². The summed E-state index contributed by atoms with van der Waals surface area (Å²) in [5.41, 5.74) is 5.03. The Morgan fingerprint density at radius 2 is 2.00 bits per heavy atom. The standard InChI is InChI=1S/C6H13NO4/c7-5-11-3-1-2-10-4-6(8)9/h1-5,7H2,(H,8,9). The fourth-order valence-electron chi connectivity index (χ4n) is 0.506. The van der Waals surface area contributed by atoms with E-state index in [0.717, 1.165) is 0 Å². The summed E-state index contributed by atoms with van der Waals surface area (Å²) in [4.78, 5) is 9.91. The van der Waals surface area contributed by atoms with Crippen LogP contribution in [-0.2, 0) is 14.3 Å². The van der Waals surface area contributed by atoms with Crippen molar-refractivity contribution in [1.82, 2.24) is 0 Å². The summed E-state index contributed by atoms with van der Waals surface area (Å²) < 4.78 is 9.51. The Labute approximate surface area is 65.1 Å². The molecule has 0 radical (unpaired) electrons. The average Bonchev–Trinajstić information content (AvgIpc) is 1.96. The van der Waals surface area contributed by atoms with E-state index in [-0.39, 0.29) is 13.3 Å². The third kappa shape index (κ3) is 9.35. The lowest BCUT2D eigenvalue weighted by atomic mass is 10.5. The SMILES string of the molecule is NCOCCCOCC(=O)O. The molecule has 0 atom stereocenters. The van der Waals surface area contributed by atoms with Gasteiger partial charge in [0.15, 0.2) is 0 Å².